The SMILES string of the molecule is COc1cc(C(=O)NC(C)c2cccs2)ccc1OCC(N)=O. The number of benzene rings is 1. The summed E-state index contributed by atoms with van der Waals surface area (Å²) in [7, 11) is 1.46. The lowest BCUT2D eigenvalue weighted by atomic mass is 10.1. The monoisotopic (exact) mass is 334 g/mol. The second-order valence-electron chi connectivity index (χ2n) is 4.83. The fourth-order valence-electron chi connectivity index (χ4n) is 1.97. The number of rotatable bonds is 7. The molecule has 1 atom stereocenters. The van der Waals surface area contributed by atoms with Crippen LogP contribution < -0.4 is 20.5 Å². The largest absolute Gasteiger partial charge is 0.493 e. The number of ether oxygens (including phenoxy) is 2. The molecular weight excluding hydrogens is 316 g/mol. The average Bonchev–Trinajstić information content (AvgIpc) is 3.07. The molecule has 1 aromatic heterocycles. The molecule has 0 aliphatic rings. The Hall–Kier alpha value is -2.54. The Morgan fingerprint density at radius 2 is 2.09 bits per heavy atom. The molecule has 0 saturated carbocycles. The van der Waals surface area contributed by atoms with Gasteiger partial charge in [-0.05, 0) is 36.6 Å². The molecule has 23 heavy (non-hydrogen) atoms. The maximum absolute atomic E-state index is 12.3. The van der Waals surface area contributed by atoms with E-state index in [0.717, 1.165) is 4.88 Å². The molecule has 0 fully saturated rings. The number of nitrogens with two attached hydrogens (primary N) is 1. The minimum atomic E-state index is -0.585. The van der Waals surface area contributed by atoms with Gasteiger partial charge in [0, 0.05) is 10.4 Å². The van der Waals surface area contributed by atoms with E-state index < -0.39 is 5.91 Å². The zero-order chi connectivity index (χ0) is 16.8. The van der Waals surface area contributed by atoms with Crippen molar-refractivity contribution in [2.75, 3.05) is 13.7 Å². The predicted octanol–water partition coefficient (Wildman–Crippen LogP) is 2.11. The molecule has 0 aliphatic carbocycles. The van der Waals surface area contributed by atoms with Gasteiger partial charge < -0.3 is 20.5 Å². The van der Waals surface area contributed by atoms with Crippen molar-refractivity contribution in [2.45, 2.75) is 13.0 Å². The fraction of sp³-hybridized carbons (Fsp3) is 0.250. The number of hydrogen-bond acceptors (Lipinski definition) is 5. The van der Waals surface area contributed by atoms with Gasteiger partial charge in [0.25, 0.3) is 11.8 Å². The van der Waals surface area contributed by atoms with Crippen LogP contribution in [-0.4, -0.2) is 25.5 Å². The number of carbonyl (C=O) groups is 2. The molecule has 1 aromatic carbocycles. The number of amides is 2. The van der Waals surface area contributed by atoms with Crippen LogP contribution in [0.2, 0.25) is 0 Å². The van der Waals surface area contributed by atoms with Crippen LogP contribution >= 0.6 is 11.3 Å². The van der Waals surface area contributed by atoms with E-state index in [1.165, 1.54) is 7.11 Å². The summed E-state index contributed by atoms with van der Waals surface area (Å²) in [6, 6.07) is 8.57. The Kier molecular flexibility index (Phi) is 5.59. The van der Waals surface area contributed by atoms with Gasteiger partial charge in [0.2, 0.25) is 0 Å². The second-order valence-corrected chi connectivity index (χ2v) is 5.81. The number of thiophene rings is 1. The highest BCUT2D eigenvalue weighted by atomic mass is 32.1. The van der Waals surface area contributed by atoms with E-state index in [0.29, 0.717) is 17.1 Å². The summed E-state index contributed by atoms with van der Waals surface area (Å²) in [4.78, 5) is 24.2. The maximum Gasteiger partial charge on any atom is 0.255 e. The minimum absolute atomic E-state index is 0.0840. The summed E-state index contributed by atoms with van der Waals surface area (Å²) in [5, 5.41) is 4.88. The summed E-state index contributed by atoms with van der Waals surface area (Å²) in [5.41, 5.74) is 5.48. The third kappa shape index (κ3) is 4.46. The van der Waals surface area contributed by atoms with Gasteiger partial charge in [0.1, 0.15) is 0 Å². The first-order valence-electron chi connectivity index (χ1n) is 6.94. The second kappa shape index (κ2) is 7.64. The normalized spacial score (nSPS) is 11.6. The van der Waals surface area contributed by atoms with Crippen LogP contribution in [0.4, 0.5) is 0 Å². The van der Waals surface area contributed by atoms with Crippen molar-refractivity contribution in [1.29, 1.82) is 0 Å². The highest BCUT2D eigenvalue weighted by Crippen LogP contribution is 2.28. The molecule has 0 bridgehead atoms. The Labute approximate surface area is 138 Å². The van der Waals surface area contributed by atoms with Gasteiger partial charge in [-0.2, -0.15) is 0 Å². The number of primary amides is 1. The zero-order valence-corrected chi connectivity index (χ0v) is 13.7. The van der Waals surface area contributed by atoms with Crippen molar-refractivity contribution in [1.82, 2.24) is 5.32 Å². The molecule has 0 radical (unpaired) electrons. The van der Waals surface area contributed by atoms with E-state index in [4.69, 9.17) is 15.2 Å². The van der Waals surface area contributed by atoms with Crippen LogP contribution in [0.3, 0.4) is 0 Å². The molecule has 2 aromatic rings. The molecule has 7 heteroatoms. The van der Waals surface area contributed by atoms with Gasteiger partial charge in [0.05, 0.1) is 13.2 Å². The van der Waals surface area contributed by atoms with Crippen molar-refractivity contribution in [3.8, 4) is 11.5 Å². The Bertz CT molecular complexity index is 685. The van der Waals surface area contributed by atoms with E-state index in [9.17, 15) is 9.59 Å². The van der Waals surface area contributed by atoms with Crippen molar-refractivity contribution in [2.24, 2.45) is 5.73 Å². The van der Waals surface area contributed by atoms with Gasteiger partial charge in [-0.3, -0.25) is 9.59 Å². The van der Waals surface area contributed by atoms with Crippen LogP contribution in [0, 0.1) is 0 Å². The predicted molar refractivity (Wildman–Crippen MR) is 87.9 cm³/mol. The summed E-state index contributed by atoms with van der Waals surface area (Å²) in [6.45, 7) is 1.67. The zero-order valence-electron chi connectivity index (χ0n) is 12.9. The maximum atomic E-state index is 12.3. The Balaban J connectivity index is 2.10. The van der Waals surface area contributed by atoms with Crippen LogP contribution in [0.5, 0.6) is 11.5 Å². The molecule has 1 heterocycles. The van der Waals surface area contributed by atoms with Crippen LogP contribution in [0.15, 0.2) is 35.7 Å². The quantitative estimate of drug-likeness (QED) is 0.811. The van der Waals surface area contributed by atoms with Crippen molar-refractivity contribution < 1.29 is 19.1 Å². The Morgan fingerprint density at radius 1 is 1.30 bits per heavy atom. The molecule has 0 spiro atoms. The lowest BCUT2D eigenvalue weighted by Crippen LogP contribution is -2.26. The van der Waals surface area contributed by atoms with Crippen LogP contribution in [0.25, 0.3) is 0 Å². The van der Waals surface area contributed by atoms with Gasteiger partial charge >= 0.3 is 0 Å². The lowest BCUT2D eigenvalue weighted by molar-refractivity contribution is -0.119. The van der Waals surface area contributed by atoms with E-state index in [1.807, 2.05) is 24.4 Å². The Morgan fingerprint density at radius 3 is 2.70 bits per heavy atom. The molecule has 6 nitrogen and oxygen atoms in total. The lowest BCUT2D eigenvalue weighted by Gasteiger charge is -2.14. The third-order valence-corrected chi connectivity index (χ3v) is 4.17. The summed E-state index contributed by atoms with van der Waals surface area (Å²) in [6.07, 6.45) is 0. The van der Waals surface area contributed by atoms with Crippen molar-refractivity contribution in [3.05, 3.63) is 46.2 Å². The highest BCUT2D eigenvalue weighted by molar-refractivity contribution is 7.10. The molecule has 122 valence electrons. The fourth-order valence-corrected chi connectivity index (χ4v) is 2.70. The summed E-state index contributed by atoms with van der Waals surface area (Å²) >= 11 is 1.58. The van der Waals surface area contributed by atoms with E-state index in [1.54, 1.807) is 29.5 Å². The number of nitrogens with one attached hydrogen (secondary N) is 1. The first kappa shape index (κ1) is 16.8. The van der Waals surface area contributed by atoms with E-state index >= 15 is 0 Å². The molecule has 0 aliphatic heterocycles. The van der Waals surface area contributed by atoms with Crippen molar-refractivity contribution >= 4 is 23.2 Å². The van der Waals surface area contributed by atoms with Gasteiger partial charge in [-0.25, -0.2) is 0 Å². The molecule has 2 rings (SSSR count). The smallest absolute Gasteiger partial charge is 0.255 e. The minimum Gasteiger partial charge on any atom is -0.493 e. The molecule has 0 saturated heterocycles. The molecular formula is C16H18N2O4S. The first-order chi connectivity index (χ1) is 11.0. The van der Waals surface area contributed by atoms with Gasteiger partial charge in [0.15, 0.2) is 18.1 Å². The van der Waals surface area contributed by atoms with Crippen LogP contribution in [-0.2, 0) is 4.79 Å². The van der Waals surface area contributed by atoms with Crippen molar-refractivity contribution in [3.63, 3.8) is 0 Å². The number of carbonyl (C=O) groups excluding carboxylic acids is 2. The third-order valence-electron chi connectivity index (χ3n) is 3.11. The summed E-state index contributed by atoms with van der Waals surface area (Å²) < 4.78 is 10.4. The molecule has 2 amide bonds. The highest BCUT2D eigenvalue weighted by Gasteiger charge is 2.15. The molecule has 1 unspecified atom stereocenters. The van der Waals surface area contributed by atoms with E-state index in [-0.39, 0.29) is 18.6 Å². The summed E-state index contributed by atoms with van der Waals surface area (Å²) in [5.74, 6) is -0.0823. The average molecular weight is 334 g/mol. The first-order valence-corrected chi connectivity index (χ1v) is 7.82. The van der Waals surface area contributed by atoms with Gasteiger partial charge in [-0.1, -0.05) is 6.07 Å². The van der Waals surface area contributed by atoms with E-state index in [2.05, 4.69) is 5.32 Å². The number of hydrogen-bond donors (Lipinski definition) is 2. The standard InChI is InChI=1S/C16H18N2O4S/c1-10(14-4-3-7-23-14)18-16(20)11-5-6-12(13(8-11)21-2)22-9-15(17)19/h3-8,10H,9H2,1-2H3,(H2,17,19)(H,18,20). The molecule has 3 N–H and O–H groups in total. The van der Waals surface area contributed by atoms with Gasteiger partial charge in [-0.15, -0.1) is 11.3 Å². The topological polar surface area (TPSA) is 90.7 Å². The van der Waals surface area contributed by atoms with Crippen LogP contribution in [0.1, 0.15) is 28.2 Å². The number of methoxy groups -OCH3 is 1.